The zero-order valence-corrected chi connectivity index (χ0v) is 15.3. The molecule has 1 aromatic carbocycles. The highest BCUT2D eigenvalue weighted by Crippen LogP contribution is 2.24. The molecule has 1 N–H and O–H groups in total. The van der Waals surface area contributed by atoms with Crippen molar-refractivity contribution in [3.8, 4) is 10.4 Å². The van der Waals surface area contributed by atoms with E-state index in [-0.39, 0.29) is 5.91 Å². The van der Waals surface area contributed by atoms with Crippen molar-refractivity contribution in [2.45, 2.75) is 13.0 Å². The highest BCUT2D eigenvalue weighted by molar-refractivity contribution is 7.13. The minimum absolute atomic E-state index is 0.0166. The molecule has 0 bridgehead atoms. The SMILES string of the molecule is Cn1cc(CC(=O)NCc2cncc(-c3cccs3)c2)c2ccccc21. The van der Waals surface area contributed by atoms with E-state index in [4.69, 9.17) is 0 Å². The number of fused-ring (bicyclic) bond motifs is 1. The maximum absolute atomic E-state index is 12.4. The van der Waals surface area contributed by atoms with Crippen LogP contribution >= 0.6 is 11.3 Å². The van der Waals surface area contributed by atoms with Crippen LogP contribution in [0.25, 0.3) is 21.3 Å². The number of rotatable bonds is 5. The van der Waals surface area contributed by atoms with Gasteiger partial charge in [-0.2, -0.15) is 0 Å². The van der Waals surface area contributed by atoms with E-state index in [0.717, 1.165) is 27.6 Å². The standard InChI is InChI=1S/C21H19N3OS/c1-24-14-17(18-5-2-3-6-19(18)24)10-21(25)23-12-15-9-16(13-22-11-15)20-7-4-8-26-20/h2-9,11,13-14H,10,12H2,1H3,(H,23,25). The molecule has 0 spiro atoms. The van der Waals surface area contributed by atoms with E-state index in [0.29, 0.717) is 13.0 Å². The van der Waals surface area contributed by atoms with E-state index in [1.165, 1.54) is 4.88 Å². The molecule has 4 rings (SSSR count). The van der Waals surface area contributed by atoms with Crippen molar-refractivity contribution in [1.82, 2.24) is 14.9 Å². The Labute approximate surface area is 156 Å². The van der Waals surface area contributed by atoms with Gasteiger partial charge in [-0.05, 0) is 34.7 Å². The second-order valence-corrected chi connectivity index (χ2v) is 7.24. The number of benzene rings is 1. The maximum Gasteiger partial charge on any atom is 0.224 e. The van der Waals surface area contributed by atoms with Gasteiger partial charge in [0.05, 0.1) is 6.42 Å². The Morgan fingerprint density at radius 2 is 2.08 bits per heavy atom. The number of amides is 1. The topological polar surface area (TPSA) is 46.9 Å². The summed E-state index contributed by atoms with van der Waals surface area (Å²) in [4.78, 5) is 17.9. The van der Waals surface area contributed by atoms with Crippen molar-refractivity contribution in [1.29, 1.82) is 0 Å². The number of aromatic nitrogens is 2. The van der Waals surface area contributed by atoms with Gasteiger partial charge in [0.2, 0.25) is 5.91 Å². The first kappa shape index (κ1) is 16.5. The minimum atomic E-state index is 0.0166. The molecule has 5 heteroatoms. The van der Waals surface area contributed by atoms with Crippen LogP contribution in [0.15, 0.2) is 66.4 Å². The van der Waals surface area contributed by atoms with Crippen molar-refractivity contribution in [2.24, 2.45) is 7.05 Å². The summed E-state index contributed by atoms with van der Waals surface area (Å²) in [5.74, 6) is 0.0166. The van der Waals surface area contributed by atoms with E-state index >= 15 is 0 Å². The van der Waals surface area contributed by atoms with Crippen LogP contribution in [-0.4, -0.2) is 15.5 Å². The van der Waals surface area contributed by atoms with Crippen LogP contribution in [0.4, 0.5) is 0 Å². The van der Waals surface area contributed by atoms with Crippen molar-refractivity contribution < 1.29 is 4.79 Å². The van der Waals surface area contributed by atoms with Crippen LogP contribution in [0.5, 0.6) is 0 Å². The van der Waals surface area contributed by atoms with E-state index in [1.807, 2.05) is 43.0 Å². The summed E-state index contributed by atoms with van der Waals surface area (Å²) in [5.41, 5.74) is 4.28. The Balaban J connectivity index is 1.43. The van der Waals surface area contributed by atoms with Crippen LogP contribution in [0.3, 0.4) is 0 Å². The summed E-state index contributed by atoms with van der Waals surface area (Å²) < 4.78 is 2.06. The molecule has 0 radical (unpaired) electrons. The van der Waals surface area contributed by atoms with Crippen molar-refractivity contribution in [3.05, 3.63) is 77.6 Å². The Kier molecular flexibility index (Phi) is 4.54. The molecule has 130 valence electrons. The number of pyridine rings is 1. The number of nitrogens with zero attached hydrogens (tertiary/aromatic N) is 2. The first-order valence-electron chi connectivity index (χ1n) is 8.48. The van der Waals surface area contributed by atoms with Gasteiger partial charge in [0, 0.05) is 53.5 Å². The van der Waals surface area contributed by atoms with Crippen molar-refractivity contribution >= 4 is 28.1 Å². The third-order valence-electron chi connectivity index (χ3n) is 4.42. The van der Waals surface area contributed by atoms with Gasteiger partial charge in [0.1, 0.15) is 0 Å². The van der Waals surface area contributed by atoms with Gasteiger partial charge in [0.25, 0.3) is 0 Å². The second kappa shape index (κ2) is 7.14. The van der Waals surface area contributed by atoms with Gasteiger partial charge in [-0.25, -0.2) is 0 Å². The zero-order valence-electron chi connectivity index (χ0n) is 14.5. The van der Waals surface area contributed by atoms with Crippen LogP contribution in [0, 0.1) is 0 Å². The van der Waals surface area contributed by atoms with Crippen LogP contribution in [0.1, 0.15) is 11.1 Å². The zero-order chi connectivity index (χ0) is 17.9. The minimum Gasteiger partial charge on any atom is -0.352 e. The molecule has 0 aliphatic carbocycles. The van der Waals surface area contributed by atoms with E-state index < -0.39 is 0 Å². The lowest BCUT2D eigenvalue weighted by Crippen LogP contribution is -2.24. The quantitative estimate of drug-likeness (QED) is 0.580. The number of nitrogens with one attached hydrogen (secondary N) is 1. The fourth-order valence-corrected chi connectivity index (χ4v) is 3.87. The van der Waals surface area contributed by atoms with Crippen molar-refractivity contribution in [2.75, 3.05) is 0 Å². The molecule has 0 aliphatic heterocycles. The normalized spacial score (nSPS) is 11.0. The number of carbonyl (C=O) groups excluding carboxylic acids is 1. The lowest BCUT2D eigenvalue weighted by atomic mass is 10.1. The molecule has 4 aromatic rings. The summed E-state index contributed by atoms with van der Waals surface area (Å²) in [6, 6.07) is 14.3. The average Bonchev–Trinajstić information content (AvgIpc) is 3.30. The Morgan fingerprint density at radius 1 is 1.19 bits per heavy atom. The first-order chi connectivity index (χ1) is 12.7. The smallest absolute Gasteiger partial charge is 0.224 e. The molecule has 0 saturated carbocycles. The molecule has 0 atom stereocenters. The Bertz CT molecular complexity index is 1050. The van der Waals surface area contributed by atoms with Crippen LogP contribution in [0.2, 0.25) is 0 Å². The Hall–Kier alpha value is -2.92. The number of hydrogen-bond donors (Lipinski definition) is 1. The predicted octanol–water partition coefficient (Wildman–Crippen LogP) is 4.16. The van der Waals surface area contributed by atoms with Gasteiger partial charge >= 0.3 is 0 Å². The molecule has 0 fully saturated rings. The lowest BCUT2D eigenvalue weighted by Gasteiger charge is -2.06. The number of aryl methyl sites for hydroxylation is 1. The van der Waals surface area contributed by atoms with Crippen LogP contribution in [-0.2, 0) is 24.8 Å². The molecule has 1 amide bonds. The van der Waals surface area contributed by atoms with Crippen LogP contribution < -0.4 is 5.32 Å². The molecule has 26 heavy (non-hydrogen) atoms. The van der Waals surface area contributed by atoms with E-state index in [1.54, 1.807) is 17.5 Å². The number of thiophene rings is 1. The number of carbonyl (C=O) groups is 1. The summed E-state index contributed by atoms with van der Waals surface area (Å²) in [5, 5.41) is 6.19. The molecule has 3 aromatic heterocycles. The van der Waals surface area contributed by atoms with E-state index in [2.05, 4.69) is 39.1 Å². The first-order valence-corrected chi connectivity index (χ1v) is 9.36. The highest BCUT2D eigenvalue weighted by Gasteiger charge is 2.10. The molecule has 4 nitrogen and oxygen atoms in total. The van der Waals surface area contributed by atoms with Crippen molar-refractivity contribution in [3.63, 3.8) is 0 Å². The van der Waals surface area contributed by atoms with Gasteiger partial charge in [-0.15, -0.1) is 11.3 Å². The summed E-state index contributed by atoms with van der Waals surface area (Å²) in [7, 11) is 2.01. The summed E-state index contributed by atoms with van der Waals surface area (Å²) in [6.45, 7) is 0.482. The van der Waals surface area contributed by atoms with Gasteiger partial charge in [-0.3, -0.25) is 9.78 Å². The molecular formula is C21H19N3OS. The van der Waals surface area contributed by atoms with Gasteiger partial charge in [-0.1, -0.05) is 24.3 Å². The molecule has 0 aliphatic rings. The molecular weight excluding hydrogens is 342 g/mol. The third kappa shape index (κ3) is 3.39. The molecule has 0 saturated heterocycles. The van der Waals surface area contributed by atoms with Gasteiger partial charge < -0.3 is 9.88 Å². The molecule has 3 heterocycles. The number of hydrogen-bond acceptors (Lipinski definition) is 3. The fourth-order valence-electron chi connectivity index (χ4n) is 3.16. The maximum atomic E-state index is 12.4. The summed E-state index contributed by atoms with van der Waals surface area (Å²) >= 11 is 1.68. The lowest BCUT2D eigenvalue weighted by molar-refractivity contribution is -0.120. The molecule has 0 unspecified atom stereocenters. The number of para-hydroxylation sites is 1. The average molecular weight is 361 g/mol. The second-order valence-electron chi connectivity index (χ2n) is 6.30. The Morgan fingerprint density at radius 3 is 2.92 bits per heavy atom. The largest absolute Gasteiger partial charge is 0.352 e. The fraction of sp³-hybridized carbons (Fsp3) is 0.143. The summed E-state index contributed by atoms with van der Waals surface area (Å²) in [6.07, 6.45) is 6.06. The van der Waals surface area contributed by atoms with E-state index in [9.17, 15) is 4.79 Å². The third-order valence-corrected chi connectivity index (χ3v) is 5.34. The highest BCUT2D eigenvalue weighted by atomic mass is 32.1. The monoisotopic (exact) mass is 361 g/mol. The predicted molar refractivity (Wildman–Crippen MR) is 106 cm³/mol. The van der Waals surface area contributed by atoms with Gasteiger partial charge in [0.15, 0.2) is 0 Å².